The Kier molecular flexibility index (Phi) is 8.25. The molecular formula is C20H22Cl2N2O5S. The average Bonchev–Trinajstić information content (AvgIpc) is 2.70. The van der Waals surface area contributed by atoms with E-state index in [2.05, 4.69) is 5.32 Å². The Balaban J connectivity index is 2.09. The van der Waals surface area contributed by atoms with E-state index in [1.54, 1.807) is 26.8 Å². The van der Waals surface area contributed by atoms with Crippen LogP contribution < -0.4 is 5.32 Å². The molecule has 0 radical (unpaired) electrons. The minimum Gasteiger partial charge on any atom is -0.452 e. The van der Waals surface area contributed by atoms with Crippen LogP contribution in [-0.4, -0.2) is 44.3 Å². The van der Waals surface area contributed by atoms with Crippen LogP contribution in [0.25, 0.3) is 0 Å². The Hall–Kier alpha value is -2.13. The highest BCUT2D eigenvalue weighted by molar-refractivity contribution is 7.89. The zero-order valence-electron chi connectivity index (χ0n) is 16.7. The Morgan fingerprint density at radius 1 is 1.03 bits per heavy atom. The molecule has 2 aromatic carbocycles. The average molecular weight is 473 g/mol. The number of benzene rings is 2. The van der Waals surface area contributed by atoms with E-state index in [0.29, 0.717) is 29.4 Å². The van der Waals surface area contributed by atoms with Crippen molar-refractivity contribution in [2.24, 2.45) is 0 Å². The fraction of sp³-hybridized carbons (Fsp3) is 0.300. The van der Waals surface area contributed by atoms with Crippen LogP contribution in [0.1, 0.15) is 29.8 Å². The number of nitrogens with one attached hydrogen (secondary N) is 1. The van der Waals surface area contributed by atoms with Gasteiger partial charge in [0.2, 0.25) is 10.0 Å². The second kappa shape index (κ2) is 10.3. The highest BCUT2D eigenvalue weighted by Crippen LogP contribution is 2.24. The third kappa shape index (κ3) is 5.72. The second-order valence-electron chi connectivity index (χ2n) is 6.32. The molecule has 0 aliphatic carbocycles. The van der Waals surface area contributed by atoms with E-state index in [4.69, 9.17) is 27.9 Å². The van der Waals surface area contributed by atoms with Crippen LogP contribution in [0.4, 0.5) is 5.69 Å². The van der Waals surface area contributed by atoms with Crippen molar-refractivity contribution < 1.29 is 22.7 Å². The van der Waals surface area contributed by atoms with Gasteiger partial charge in [-0.1, -0.05) is 43.1 Å². The van der Waals surface area contributed by atoms with Crippen LogP contribution in [0.2, 0.25) is 10.0 Å². The molecule has 0 saturated heterocycles. The van der Waals surface area contributed by atoms with Gasteiger partial charge in [-0.15, -0.1) is 0 Å². The Morgan fingerprint density at radius 2 is 1.70 bits per heavy atom. The fourth-order valence-corrected chi connectivity index (χ4v) is 4.42. The summed E-state index contributed by atoms with van der Waals surface area (Å²) in [5, 5.41) is 3.06. The van der Waals surface area contributed by atoms with E-state index in [-0.39, 0.29) is 15.5 Å². The summed E-state index contributed by atoms with van der Waals surface area (Å²) in [6.07, 6.45) is 0. The minimum atomic E-state index is -3.67. The number of anilines is 1. The van der Waals surface area contributed by atoms with Crippen molar-refractivity contribution in [3.8, 4) is 0 Å². The van der Waals surface area contributed by atoms with Gasteiger partial charge in [0, 0.05) is 18.8 Å². The number of esters is 1. The van der Waals surface area contributed by atoms with E-state index < -0.39 is 28.5 Å². The lowest BCUT2D eigenvalue weighted by molar-refractivity contribution is -0.119. The lowest BCUT2D eigenvalue weighted by atomic mass is 10.2. The molecule has 1 N–H and O–H groups in total. The van der Waals surface area contributed by atoms with Gasteiger partial charge >= 0.3 is 5.97 Å². The SMILES string of the molecule is CCN(CC)S(=O)(=O)c1ccc(C)c(NC(=O)COC(=O)c2ccc(Cl)c(Cl)c2)c1. The Labute approximate surface area is 186 Å². The molecule has 0 atom stereocenters. The summed E-state index contributed by atoms with van der Waals surface area (Å²) < 4.78 is 31.7. The molecule has 0 aliphatic heterocycles. The first-order valence-electron chi connectivity index (χ1n) is 9.13. The summed E-state index contributed by atoms with van der Waals surface area (Å²) in [5.41, 5.74) is 1.14. The molecule has 2 rings (SSSR count). The normalized spacial score (nSPS) is 11.4. The lowest BCUT2D eigenvalue weighted by Gasteiger charge is -2.19. The second-order valence-corrected chi connectivity index (χ2v) is 9.07. The van der Waals surface area contributed by atoms with Gasteiger partial charge in [0.05, 0.1) is 20.5 Å². The van der Waals surface area contributed by atoms with Crippen molar-refractivity contribution >= 4 is 50.8 Å². The minimum absolute atomic E-state index is 0.0694. The van der Waals surface area contributed by atoms with Crippen LogP contribution in [0, 0.1) is 6.92 Å². The van der Waals surface area contributed by atoms with Crippen molar-refractivity contribution in [3.05, 3.63) is 57.6 Å². The summed E-state index contributed by atoms with van der Waals surface area (Å²) in [5.74, 6) is -1.35. The maximum atomic E-state index is 12.7. The molecule has 7 nitrogen and oxygen atoms in total. The molecule has 30 heavy (non-hydrogen) atoms. The Morgan fingerprint density at radius 3 is 2.30 bits per heavy atom. The fourth-order valence-electron chi connectivity index (χ4n) is 2.63. The van der Waals surface area contributed by atoms with Crippen LogP contribution >= 0.6 is 23.2 Å². The van der Waals surface area contributed by atoms with Gasteiger partial charge in [-0.3, -0.25) is 4.79 Å². The molecule has 0 heterocycles. The molecule has 162 valence electrons. The predicted molar refractivity (Wildman–Crippen MR) is 117 cm³/mol. The van der Waals surface area contributed by atoms with Crippen molar-refractivity contribution in [3.63, 3.8) is 0 Å². The molecule has 0 unspecified atom stereocenters. The Bertz CT molecular complexity index is 1050. The molecule has 1 amide bonds. The van der Waals surface area contributed by atoms with Crippen LogP contribution in [0.3, 0.4) is 0 Å². The topological polar surface area (TPSA) is 92.8 Å². The van der Waals surface area contributed by atoms with Crippen molar-refractivity contribution in [1.82, 2.24) is 4.31 Å². The number of hydrogen-bond donors (Lipinski definition) is 1. The smallest absolute Gasteiger partial charge is 0.338 e. The summed E-state index contributed by atoms with van der Waals surface area (Å²) in [4.78, 5) is 24.4. The number of rotatable bonds is 8. The first kappa shape index (κ1) is 24.1. The van der Waals surface area contributed by atoms with E-state index in [0.717, 1.165) is 0 Å². The first-order chi connectivity index (χ1) is 14.1. The van der Waals surface area contributed by atoms with Gasteiger partial charge in [0.1, 0.15) is 0 Å². The maximum absolute atomic E-state index is 12.7. The summed E-state index contributed by atoms with van der Waals surface area (Å²) in [6.45, 7) is 5.34. The van der Waals surface area contributed by atoms with E-state index in [1.807, 2.05) is 0 Å². The van der Waals surface area contributed by atoms with E-state index in [9.17, 15) is 18.0 Å². The van der Waals surface area contributed by atoms with E-state index in [1.165, 1.54) is 34.6 Å². The van der Waals surface area contributed by atoms with Gasteiger partial charge in [-0.05, 0) is 42.8 Å². The third-order valence-corrected chi connectivity index (χ3v) is 7.10. The number of carbonyl (C=O) groups excluding carboxylic acids is 2. The maximum Gasteiger partial charge on any atom is 0.338 e. The summed E-state index contributed by atoms with van der Waals surface area (Å²) >= 11 is 11.7. The first-order valence-corrected chi connectivity index (χ1v) is 11.3. The third-order valence-electron chi connectivity index (χ3n) is 4.32. The predicted octanol–water partition coefficient (Wildman–Crippen LogP) is 4.13. The standard InChI is InChI=1S/C20H22Cl2N2O5S/c1-4-24(5-2)30(27,28)15-8-6-13(3)18(11-15)23-19(25)12-29-20(26)14-7-9-16(21)17(22)10-14/h6-11H,4-5,12H2,1-3H3,(H,23,25). The van der Waals surface area contributed by atoms with Gasteiger partial charge in [0.15, 0.2) is 6.61 Å². The molecule has 0 aromatic heterocycles. The number of ether oxygens (including phenoxy) is 1. The van der Waals surface area contributed by atoms with Crippen molar-refractivity contribution in [2.45, 2.75) is 25.7 Å². The number of carbonyl (C=O) groups is 2. The molecule has 0 aliphatic rings. The number of nitrogens with zero attached hydrogens (tertiary/aromatic N) is 1. The summed E-state index contributed by atoms with van der Waals surface area (Å²) in [7, 11) is -3.67. The van der Waals surface area contributed by atoms with Crippen molar-refractivity contribution in [1.29, 1.82) is 0 Å². The number of sulfonamides is 1. The largest absolute Gasteiger partial charge is 0.452 e. The molecular weight excluding hydrogens is 451 g/mol. The van der Waals surface area contributed by atoms with Gasteiger partial charge in [0.25, 0.3) is 5.91 Å². The van der Waals surface area contributed by atoms with Crippen molar-refractivity contribution in [2.75, 3.05) is 25.0 Å². The highest BCUT2D eigenvalue weighted by Gasteiger charge is 2.22. The molecule has 10 heteroatoms. The summed E-state index contributed by atoms with van der Waals surface area (Å²) in [6, 6.07) is 8.71. The molecule has 0 spiro atoms. The quantitative estimate of drug-likeness (QED) is 0.582. The van der Waals surface area contributed by atoms with Crippen LogP contribution in [0.15, 0.2) is 41.3 Å². The highest BCUT2D eigenvalue weighted by atomic mass is 35.5. The number of aryl methyl sites for hydroxylation is 1. The monoisotopic (exact) mass is 472 g/mol. The number of amides is 1. The van der Waals surface area contributed by atoms with Crippen LogP contribution in [0.5, 0.6) is 0 Å². The molecule has 0 fully saturated rings. The number of hydrogen-bond acceptors (Lipinski definition) is 5. The zero-order chi connectivity index (χ0) is 22.5. The lowest BCUT2D eigenvalue weighted by Crippen LogP contribution is -2.30. The molecule has 2 aromatic rings. The van der Waals surface area contributed by atoms with Gasteiger partial charge in [-0.25, -0.2) is 13.2 Å². The van der Waals surface area contributed by atoms with Crippen LogP contribution in [-0.2, 0) is 19.6 Å². The zero-order valence-corrected chi connectivity index (χ0v) is 19.1. The molecule has 0 bridgehead atoms. The van der Waals surface area contributed by atoms with Gasteiger partial charge < -0.3 is 10.1 Å². The number of halogens is 2. The van der Waals surface area contributed by atoms with Gasteiger partial charge in [-0.2, -0.15) is 4.31 Å². The van der Waals surface area contributed by atoms with E-state index >= 15 is 0 Å². The molecule has 0 saturated carbocycles.